The molecular formula is C12H24O2. The highest BCUT2D eigenvalue weighted by Gasteiger charge is 2.25. The van der Waals surface area contributed by atoms with E-state index in [0.29, 0.717) is 12.5 Å². The largest absolute Gasteiger partial charge is 0.465 e. The van der Waals surface area contributed by atoms with Gasteiger partial charge in [0.2, 0.25) is 0 Å². The zero-order chi connectivity index (χ0) is 11.4. The van der Waals surface area contributed by atoms with Crippen LogP contribution in [0.5, 0.6) is 0 Å². The van der Waals surface area contributed by atoms with E-state index >= 15 is 0 Å². The molecule has 1 unspecified atom stereocenters. The Balaban J connectivity index is 3.97. The van der Waals surface area contributed by atoms with Gasteiger partial charge in [-0.3, -0.25) is 4.79 Å². The fourth-order valence-corrected chi connectivity index (χ4v) is 0.948. The summed E-state index contributed by atoms with van der Waals surface area (Å²) >= 11 is 0. The lowest BCUT2D eigenvalue weighted by atomic mass is 9.78. The average Bonchev–Trinajstić information content (AvgIpc) is 2.13. The standard InChI is InChI=1S/C12H24O2/c1-7-12(5,6)10(4)8-14-11(13)9(2)3/h9-10H,7-8H2,1-6H3. The normalized spacial score (nSPS) is 14.2. The van der Waals surface area contributed by atoms with Crippen LogP contribution < -0.4 is 0 Å². The molecule has 0 aliphatic rings. The Morgan fingerprint density at radius 1 is 1.29 bits per heavy atom. The average molecular weight is 200 g/mol. The summed E-state index contributed by atoms with van der Waals surface area (Å²) in [6.45, 7) is 13.0. The molecule has 2 nitrogen and oxygen atoms in total. The fraction of sp³-hybridized carbons (Fsp3) is 0.917. The minimum Gasteiger partial charge on any atom is -0.465 e. The summed E-state index contributed by atoms with van der Waals surface area (Å²) in [7, 11) is 0. The molecule has 0 amide bonds. The molecule has 0 fully saturated rings. The Hall–Kier alpha value is -0.530. The molecule has 0 heterocycles. The Labute approximate surface area is 88.0 Å². The summed E-state index contributed by atoms with van der Waals surface area (Å²) < 4.78 is 5.21. The summed E-state index contributed by atoms with van der Waals surface area (Å²) in [4.78, 5) is 11.2. The Morgan fingerprint density at radius 2 is 1.79 bits per heavy atom. The number of hydrogen-bond acceptors (Lipinski definition) is 2. The van der Waals surface area contributed by atoms with Crippen LogP contribution in [0.15, 0.2) is 0 Å². The van der Waals surface area contributed by atoms with Gasteiger partial charge in [-0.15, -0.1) is 0 Å². The van der Waals surface area contributed by atoms with Crippen LogP contribution in [0.1, 0.15) is 48.0 Å². The summed E-state index contributed by atoms with van der Waals surface area (Å²) in [6, 6.07) is 0. The van der Waals surface area contributed by atoms with E-state index in [1.165, 1.54) is 0 Å². The molecular weight excluding hydrogens is 176 g/mol. The molecule has 14 heavy (non-hydrogen) atoms. The minimum absolute atomic E-state index is 0.0214. The summed E-state index contributed by atoms with van der Waals surface area (Å²) in [6.07, 6.45) is 1.10. The monoisotopic (exact) mass is 200 g/mol. The quantitative estimate of drug-likeness (QED) is 0.637. The molecule has 2 heteroatoms. The molecule has 0 aliphatic carbocycles. The molecule has 84 valence electrons. The van der Waals surface area contributed by atoms with Crippen LogP contribution in [-0.4, -0.2) is 12.6 Å². The Morgan fingerprint density at radius 3 is 2.14 bits per heavy atom. The van der Waals surface area contributed by atoms with Gasteiger partial charge in [-0.05, 0) is 11.3 Å². The molecule has 0 spiro atoms. The third kappa shape index (κ3) is 4.12. The highest BCUT2D eigenvalue weighted by Crippen LogP contribution is 2.30. The van der Waals surface area contributed by atoms with E-state index < -0.39 is 0 Å². The molecule has 0 rings (SSSR count). The van der Waals surface area contributed by atoms with Gasteiger partial charge < -0.3 is 4.74 Å². The van der Waals surface area contributed by atoms with E-state index in [1.807, 2.05) is 13.8 Å². The van der Waals surface area contributed by atoms with E-state index in [-0.39, 0.29) is 17.3 Å². The van der Waals surface area contributed by atoms with Gasteiger partial charge >= 0.3 is 5.97 Å². The Kier molecular flexibility index (Phi) is 5.17. The maximum atomic E-state index is 11.2. The first-order valence-electron chi connectivity index (χ1n) is 5.48. The van der Waals surface area contributed by atoms with E-state index in [2.05, 4.69) is 27.7 Å². The molecule has 1 atom stereocenters. The van der Waals surface area contributed by atoms with Crippen LogP contribution in [0.25, 0.3) is 0 Å². The van der Waals surface area contributed by atoms with Crippen molar-refractivity contribution in [3.8, 4) is 0 Å². The van der Waals surface area contributed by atoms with Gasteiger partial charge in [-0.25, -0.2) is 0 Å². The number of carbonyl (C=O) groups excluding carboxylic acids is 1. The maximum absolute atomic E-state index is 11.2. The van der Waals surface area contributed by atoms with Crippen LogP contribution in [-0.2, 0) is 9.53 Å². The molecule has 0 N–H and O–H groups in total. The van der Waals surface area contributed by atoms with Gasteiger partial charge in [0.15, 0.2) is 0 Å². The van der Waals surface area contributed by atoms with Crippen molar-refractivity contribution in [2.75, 3.05) is 6.61 Å². The number of carbonyl (C=O) groups is 1. The smallest absolute Gasteiger partial charge is 0.308 e. The van der Waals surface area contributed by atoms with Gasteiger partial charge in [0.1, 0.15) is 0 Å². The minimum atomic E-state index is -0.0937. The lowest BCUT2D eigenvalue weighted by molar-refractivity contribution is -0.149. The molecule has 0 aromatic carbocycles. The van der Waals surface area contributed by atoms with Crippen molar-refractivity contribution < 1.29 is 9.53 Å². The van der Waals surface area contributed by atoms with Gasteiger partial charge in [0.05, 0.1) is 12.5 Å². The lowest BCUT2D eigenvalue weighted by Gasteiger charge is -2.30. The van der Waals surface area contributed by atoms with Crippen molar-refractivity contribution in [3.63, 3.8) is 0 Å². The van der Waals surface area contributed by atoms with E-state index in [9.17, 15) is 4.79 Å². The van der Waals surface area contributed by atoms with Gasteiger partial charge in [0.25, 0.3) is 0 Å². The van der Waals surface area contributed by atoms with Gasteiger partial charge in [-0.2, -0.15) is 0 Å². The molecule has 0 saturated heterocycles. The van der Waals surface area contributed by atoms with Crippen LogP contribution in [0.3, 0.4) is 0 Å². The zero-order valence-corrected chi connectivity index (χ0v) is 10.4. The third-order valence-corrected chi connectivity index (χ3v) is 3.19. The first kappa shape index (κ1) is 13.5. The van der Waals surface area contributed by atoms with E-state index in [1.54, 1.807) is 0 Å². The van der Waals surface area contributed by atoms with Gasteiger partial charge in [-0.1, -0.05) is 48.0 Å². The maximum Gasteiger partial charge on any atom is 0.308 e. The van der Waals surface area contributed by atoms with Crippen LogP contribution in [0.2, 0.25) is 0 Å². The predicted octanol–water partition coefficient (Wildman–Crippen LogP) is 3.26. The lowest BCUT2D eigenvalue weighted by Crippen LogP contribution is -2.27. The van der Waals surface area contributed by atoms with Crippen molar-refractivity contribution in [2.24, 2.45) is 17.3 Å². The molecule has 0 radical (unpaired) electrons. The van der Waals surface area contributed by atoms with Crippen molar-refractivity contribution >= 4 is 5.97 Å². The molecule has 0 aromatic rings. The first-order chi connectivity index (χ1) is 6.31. The van der Waals surface area contributed by atoms with E-state index in [4.69, 9.17) is 4.74 Å². The second kappa shape index (κ2) is 5.38. The number of esters is 1. The number of hydrogen-bond donors (Lipinski definition) is 0. The second-order valence-electron chi connectivity index (χ2n) is 5.03. The van der Waals surface area contributed by atoms with Crippen LogP contribution in [0, 0.1) is 17.3 Å². The van der Waals surface area contributed by atoms with Crippen LogP contribution in [0.4, 0.5) is 0 Å². The highest BCUT2D eigenvalue weighted by molar-refractivity contribution is 5.71. The molecule has 0 aliphatic heterocycles. The topological polar surface area (TPSA) is 26.3 Å². The Bertz CT molecular complexity index is 183. The van der Waals surface area contributed by atoms with Crippen molar-refractivity contribution in [1.29, 1.82) is 0 Å². The fourth-order valence-electron chi connectivity index (χ4n) is 0.948. The molecule has 0 saturated carbocycles. The summed E-state index contributed by atoms with van der Waals surface area (Å²) in [5.41, 5.74) is 0.247. The zero-order valence-electron chi connectivity index (χ0n) is 10.4. The number of rotatable bonds is 5. The van der Waals surface area contributed by atoms with Gasteiger partial charge in [0, 0.05) is 0 Å². The molecule has 0 aromatic heterocycles. The van der Waals surface area contributed by atoms with Crippen LogP contribution >= 0.6 is 0 Å². The van der Waals surface area contributed by atoms with Crippen molar-refractivity contribution in [2.45, 2.75) is 48.0 Å². The van der Waals surface area contributed by atoms with E-state index in [0.717, 1.165) is 6.42 Å². The highest BCUT2D eigenvalue weighted by atomic mass is 16.5. The summed E-state index contributed by atoms with van der Waals surface area (Å²) in [5.74, 6) is 0.297. The molecule has 0 bridgehead atoms. The second-order valence-corrected chi connectivity index (χ2v) is 5.03. The first-order valence-corrected chi connectivity index (χ1v) is 5.48. The van der Waals surface area contributed by atoms with Crippen molar-refractivity contribution in [1.82, 2.24) is 0 Å². The van der Waals surface area contributed by atoms with Crippen molar-refractivity contribution in [3.05, 3.63) is 0 Å². The summed E-state index contributed by atoms with van der Waals surface area (Å²) in [5, 5.41) is 0. The SMILES string of the molecule is CCC(C)(C)C(C)COC(=O)C(C)C. The number of ether oxygens (including phenoxy) is 1. The predicted molar refractivity (Wildman–Crippen MR) is 59.0 cm³/mol. The third-order valence-electron chi connectivity index (χ3n) is 3.19.